The smallest absolute Gasteiger partial charge is 1.00 e. The van der Waals surface area contributed by atoms with Crippen molar-refractivity contribution in [2.45, 2.75) is 0 Å². The molecule has 0 radical (unpaired) electrons. The zero-order chi connectivity index (χ0) is 2.00. The zero-order valence-corrected chi connectivity index (χ0v) is 8.71. The minimum Gasteiger partial charge on any atom is -1.00 e. The first-order valence-corrected chi connectivity index (χ1v) is 0.258. The van der Waals surface area contributed by atoms with Crippen molar-refractivity contribution in [3.63, 3.8) is 0 Å². The molecule has 0 spiro atoms. The molecule has 0 aromatic heterocycles. The fraction of sp³-hybridized carbons (Fsp3) is 0. The van der Waals surface area contributed by atoms with Crippen LogP contribution in [0.2, 0.25) is 0 Å². The van der Waals surface area contributed by atoms with Gasteiger partial charge in [0.05, 0.1) is 0 Å². The Labute approximate surface area is 88.4 Å². The monoisotopic (exact) mass is 279 g/mol. The van der Waals surface area contributed by atoms with Crippen LogP contribution in [0.1, 0.15) is 0 Å². The molecule has 0 aliphatic heterocycles. The number of halogens is 3. The molecule has 6 heteroatoms. The standard InChI is InChI=1S/3ClH.H3NO.Pr/c;;;1-2;/h3*1H;2H,1H2;/q;;;;+3/p-3. The molecule has 0 fully saturated rings. The Bertz CT molecular complexity index is 10.8. The number of hydrogen-bond donors (Lipinski definition) is 2. The van der Waals surface area contributed by atoms with Gasteiger partial charge in [-0.25, -0.2) is 5.90 Å². The van der Waals surface area contributed by atoms with Gasteiger partial charge in [0.25, 0.3) is 0 Å². The Morgan fingerprint density at radius 1 is 0.833 bits per heavy atom. The van der Waals surface area contributed by atoms with Crippen LogP contribution in [0.5, 0.6) is 0 Å². The van der Waals surface area contributed by atoms with Gasteiger partial charge in [-0.05, 0) is 0 Å². The molecule has 0 aliphatic rings. The molecule has 38 valence electrons. The van der Waals surface area contributed by atoms with Crippen LogP contribution in [-0.4, -0.2) is 5.21 Å². The Hall–Kier alpha value is 2.15. The van der Waals surface area contributed by atoms with E-state index in [1.54, 1.807) is 0 Å². The maximum absolute atomic E-state index is 6.50. The summed E-state index contributed by atoms with van der Waals surface area (Å²) >= 11 is 0. The SMILES string of the molecule is NO.[Cl-].[Cl-].[Cl-].[Pr+3]. The summed E-state index contributed by atoms with van der Waals surface area (Å²) in [6.45, 7) is 0. The molecule has 0 bridgehead atoms. The van der Waals surface area contributed by atoms with E-state index in [1.165, 1.54) is 0 Å². The molecular formula is H3Cl3NOPr. The molecule has 0 saturated carbocycles. The number of rotatable bonds is 0. The van der Waals surface area contributed by atoms with E-state index in [2.05, 4.69) is 5.90 Å². The van der Waals surface area contributed by atoms with Crippen molar-refractivity contribution in [2.24, 2.45) is 5.90 Å². The van der Waals surface area contributed by atoms with Gasteiger partial charge in [-0.1, -0.05) is 0 Å². The minimum atomic E-state index is 0. The zero-order valence-electron chi connectivity index (χ0n) is 2.74. The predicted molar refractivity (Wildman–Crippen MR) is 5.97 cm³/mol. The molecule has 0 atom stereocenters. The molecule has 3 N–H and O–H groups in total. The molecule has 0 aromatic rings. The van der Waals surface area contributed by atoms with Gasteiger partial charge < -0.3 is 42.4 Å². The summed E-state index contributed by atoms with van der Waals surface area (Å²) in [6, 6.07) is 0. The van der Waals surface area contributed by atoms with Gasteiger partial charge in [0.1, 0.15) is 0 Å². The second-order valence-corrected chi connectivity index (χ2v) is 0. The first kappa shape index (κ1) is 42.0. The van der Waals surface area contributed by atoms with Gasteiger partial charge in [0.2, 0.25) is 0 Å². The van der Waals surface area contributed by atoms with Gasteiger partial charge >= 0.3 is 41.3 Å². The summed E-state index contributed by atoms with van der Waals surface area (Å²) in [4.78, 5) is 0. The van der Waals surface area contributed by atoms with E-state index in [0.29, 0.717) is 0 Å². The molecule has 6 heavy (non-hydrogen) atoms. The maximum atomic E-state index is 6.50. The van der Waals surface area contributed by atoms with E-state index >= 15 is 0 Å². The van der Waals surface area contributed by atoms with Crippen LogP contribution in [0, 0.1) is 41.3 Å². The molecule has 0 heterocycles. The van der Waals surface area contributed by atoms with Gasteiger partial charge in [0, 0.05) is 0 Å². The molecule has 0 aliphatic carbocycles. The van der Waals surface area contributed by atoms with Crippen molar-refractivity contribution in [1.82, 2.24) is 0 Å². The van der Waals surface area contributed by atoms with Crippen molar-refractivity contribution in [1.29, 1.82) is 0 Å². The van der Waals surface area contributed by atoms with Crippen molar-refractivity contribution in [3.05, 3.63) is 0 Å². The third-order valence-electron chi connectivity index (χ3n) is 0. The Balaban J connectivity index is -0.000000000833. The van der Waals surface area contributed by atoms with Crippen LogP contribution >= 0.6 is 0 Å². The van der Waals surface area contributed by atoms with Gasteiger partial charge in [0.15, 0.2) is 0 Å². The first-order chi connectivity index (χ1) is 1.00. The number of hydrogen-bond acceptors (Lipinski definition) is 2. The van der Waals surface area contributed by atoms with Crippen LogP contribution in [0.15, 0.2) is 0 Å². The van der Waals surface area contributed by atoms with Crippen molar-refractivity contribution in [3.8, 4) is 0 Å². The van der Waals surface area contributed by atoms with E-state index in [1.807, 2.05) is 0 Å². The summed E-state index contributed by atoms with van der Waals surface area (Å²) in [6.07, 6.45) is 0. The minimum absolute atomic E-state index is 0. The van der Waals surface area contributed by atoms with Gasteiger partial charge in [-0.15, -0.1) is 0 Å². The number of nitrogens with two attached hydrogens (primary N) is 1. The van der Waals surface area contributed by atoms with E-state index in [4.69, 9.17) is 5.21 Å². The van der Waals surface area contributed by atoms with E-state index in [0.717, 1.165) is 0 Å². The Kier molecular flexibility index (Phi) is 408. The molecule has 0 rings (SSSR count). The fourth-order valence-corrected chi connectivity index (χ4v) is 0. The summed E-state index contributed by atoms with van der Waals surface area (Å²) < 4.78 is 0. The van der Waals surface area contributed by atoms with Crippen LogP contribution in [0.3, 0.4) is 0 Å². The van der Waals surface area contributed by atoms with Crippen molar-refractivity contribution >= 4 is 0 Å². The second-order valence-electron chi connectivity index (χ2n) is 0. The van der Waals surface area contributed by atoms with Crippen LogP contribution in [-0.2, 0) is 0 Å². The van der Waals surface area contributed by atoms with Gasteiger partial charge in [-0.3, -0.25) is 0 Å². The predicted octanol–water partition coefficient (Wildman–Crippen LogP) is -9.65. The molecule has 0 saturated heterocycles. The van der Waals surface area contributed by atoms with E-state index in [9.17, 15) is 0 Å². The quantitative estimate of drug-likeness (QED) is 0.433. The van der Waals surface area contributed by atoms with Gasteiger partial charge in [-0.2, -0.15) is 0 Å². The Morgan fingerprint density at radius 3 is 0.833 bits per heavy atom. The summed E-state index contributed by atoms with van der Waals surface area (Å²) in [5, 5.41) is 6.50. The first-order valence-electron chi connectivity index (χ1n) is 0.258. The molecule has 0 unspecified atom stereocenters. The van der Waals surface area contributed by atoms with E-state index in [-0.39, 0.29) is 78.5 Å². The maximum Gasteiger partial charge on any atom is 3.00 e. The summed E-state index contributed by atoms with van der Waals surface area (Å²) in [5.74, 6) is 3.50. The van der Waals surface area contributed by atoms with Crippen LogP contribution in [0.25, 0.3) is 0 Å². The van der Waals surface area contributed by atoms with Crippen LogP contribution < -0.4 is 43.1 Å². The normalized spacial score (nSPS) is 1.00. The summed E-state index contributed by atoms with van der Waals surface area (Å²) in [7, 11) is 0. The fourth-order valence-electron chi connectivity index (χ4n) is 0. The second kappa shape index (κ2) is 58.4. The molecular weight excluding hydrogens is 277 g/mol. The van der Waals surface area contributed by atoms with Crippen LogP contribution in [0.4, 0.5) is 0 Å². The van der Waals surface area contributed by atoms with Crippen molar-refractivity contribution < 1.29 is 83.7 Å². The topological polar surface area (TPSA) is 46.2 Å². The van der Waals surface area contributed by atoms with E-state index < -0.39 is 0 Å². The third-order valence-corrected chi connectivity index (χ3v) is 0. The third kappa shape index (κ3) is 35.2. The molecule has 0 amide bonds. The molecule has 0 aromatic carbocycles. The molecule has 2 nitrogen and oxygen atoms in total. The average Bonchev–Trinajstić information content (AvgIpc) is 1.00. The Morgan fingerprint density at radius 2 is 0.833 bits per heavy atom. The van der Waals surface area contributed by atoms with Crippen molar-refractivity contribution in [2.75, 3.05) is 0 Å². The average molecular weight is 280 g/mol. The largest absolute Gasteiger partial charge is 3.00 e. The summed E-state index contributed by atoms with van der Waals surface area (Å²) in [5.41, 5.74) is 0.